The van der Waals surface area contributed by atoms with Gasteiger partial charge >= 0.3 is 0 Å². The second-order valence-electron chi connectivity index (χ2n) is 4.88. The molecule has 1 saturated heterocycles. The first kappa shape index (κ1) is 16.9. The average Bonchev–Trinajstić information content (AvgIpc) is 2.83. The van der Waals surface area contributed by atoms with Crippen LogP contribution in [0.1, 0.15) is 15.9 Å². The Morgan fingerprint density at radius 1 is 1.17 bits per heavy atom. The van der Waals surface area contributed by atoms with Crippen LogP contribution in [-0.2, 0) is 4.79 Å². The fourth-order valence-electron chi connectivity index (χ4n) is 2.07. The van der Waals surface area contributed by atoms with E-state index in [1.165, 1.54) is 0 Å². The molecule has 2 amide bonds. The van der Waals surface area contributed by atoms with Crippen molar-refractivity contribution in [3.05, 3.63) is 75.1 Å². The zero-order chi connectivity index (χ0) is 17.1. The number of nitrogens with zero attached hydrogens (tertiary/aromatic N) is 1. The number of thioether (sulfide) groups is 1. The number of carbonyl (C=O) groups is 2. The lowest BCUT2D eigenvalue weighted by atomic mass is 10.2. The van der Waals surface area contributed by atoms with Gasteiger partial charge < -0.3 is 0 Å². The fourth-order valence-corrected chi connectivity index (χ4v) is 3.66. The summed E-state index contributed by atoms with van der Waals surface area (Å²) in [5.74, 6) is -0.718. The molecule has 4 nitrogen and oxygen atoms in total. The van der Waals surface area contributed by atoms with Gasteiger partial charge in [-0.15, -0.1) is 0 Å². The van der Waals surface area contributed by atoms with Crippen molar-refractivity contribution in [1.29, 1.82) is 0 Å². The molecule has 120 valence electrons. The molecular formula is C17H11BrN2O2S2. The summed E-state index contributed by atoms with van der Waals surface area (Å²) in [6.07, 6.45) is 1.75. The van der Waals surface area contributed by atoms with E-state index in [1.807, 2.05) is 30.3 Å². The van der Waals surface area contributed by atoms with Crippen LogP contribution in [0.25, 0.3) is 6.08 Å². The molecule has 0 radical (unpaired) electrons. The first-order valence-corrected chi connectivity index (χ1v) is 8.96. The van der Waals surface area contributed by atoms with Gasteiger partial charge in [0.25, 0.3) is 11.8 Å². The van der Waals surface area contributed by atoms with Gasteiger partial charge in [-0.2, -0.15) is 5.01 Å². The number of nitrogens with one attached hydrogen (secondary N) is 1. The molecule has 0 atom stereocenters. The maximum atomic E-state index is 12.5. The van der Waals surface area contributed by atoms with Gasteiger partial charge in [0.05, 0.1) is 4.91 Å². The summed E-state index contributed by atoms with van der Waals surface area (Å²) in [7, 11) is 0. The highest BCUT2D eigenvalue weighted by Gasteiger charge is 2.33. The zero-order valence-corrected chi connectivity index (χ0v) is 15.5. The largest absolute Gasteiger partial charge is 0.285 e. The van der Waals surface area contributed by atoms with Crippen LogP contribution in [0.5, 0.6) is 0 Å². The lowest BCUT2D eigenvalue weighted by Gasteiger charge is -2.15. The van der Waals surface area contributed by atoms with E-state index in [0.29, 0.717) is 14.8 Å². The maximum absolute atomic E-state index is 12.5. The summed E-state index contributed by atoms with van der Waals surface area (Å²) in [4.78, 5) is 25.2. The molecular weight excluding hydrogens is 408 g/mol. The Bertz CT molecular complexity index is 853. The molecule has 0 unspecified atom stereocenters. The molecule has 0 aliphatic carbocycles. The van der Waals surface area contributed by atoms with E-state index in [2.05, 4.69) is 21.4 Å². The second kappa shape index (κ2) is 7.29. The molecule has 1 N–H and O–H groups in total. The van der Waals surface area contributed by atoms with E-state index < -0.39 is 0 Å². The van der Waals surface area contributed by atoms with Crippen molar-refractivity contribution in [2.24, 2.45) is 0 Å². The number of halogens is 1. The van der Waals surface area contributed by atoms with Crippen molar-refractivity contribution in [3.63, 3.8) is 0 Å². The first-order valence-electron chi connectivity index (χ1n) is 6.94. The summed E-state index contributed by atoms with van der Waals surface area (Å²) < 4.78 is 1.22. The number of carbonyl (C=O) groups excluding carboxylic acids is 2. The van der Waals surface area contributed by atoms with E-state index in [-0.39, 0.29) is 11.8 Å². The molecule has 1 heterocycles. The number of hydrogen-bond acceptors (Lipinski definition) is 4. The molecule has 0 saturated carbocycles. The number of rotatable bonds is 3. The van der Waals surface area contributed by atoms with Gasteiger partial charge in [0, 0.05) is 10.0 Å². The molecule has 2 aromatic rings. The van der Waals surface area contributed by atoms with Gasteiger partial charge in [-0.05, 0) is 48.1 Å². The molecule has 1 fully saturated rings. The van der Waals surface area contributed by atoms with E-state index in [9.17, 15) is 9.59 Å². The lowest BCUT2D eigenvalue weighted by molar-refractivity contribution is -0.123. The highest BCUT2D eigenvalue weighted by molar-refractivity contribution is 9.10. The van der Waals surface area contributed by atoms with Crippen LogP contribution in [0.15, 0.2) is 64.0 Å². The van der Waals surface area contributed by atoms with Crippen molar-refractivity contribution < 1.29 is 9.59 Å². The minimum Gasteiger partial charge on any atom is -0.267 e. The second-order valence-corrected chi connectivity index (χ2v) is 7.47. The number of benzene rings is 2. The van der Waals surface area contributed by atoms with Gasteiger partial charge in [-0.1, -0.05) is 58.0 Å². The molecule has 24 heavy (non-hydrogen) atoms. The average molecular weight is 419 g/mol. The van der Waals surface area contributed by atoms with Gasteiger partial charge in [0.1, 0.15) is 0 Å². The van der Waals surface area contributed by atoms with Crippen molar-refractivity contribution in [1.82, 2.24) is 10.4 Å². The van der Waals surface area contributed by atoms with Crippen LogP contribution in [0, 0.1) is 0 Å². The Labute approximate surface area is 157 Å². The Morgan fingerprint density at radius 3 is 2.62 bits per heavy atom. The third-order valence-electron chi connectivity index (χ3n) is 3.19. The Balaban J connectivity index is 1.78. The van der Waals surface area contributed by atoms with Crippen LogP contribution in [-0.4, -0.2) is 21.1 Å². The predicted molar refractivity (Wildman–Crippen MR) is 103 cm³/mol. The van der Waals surface area contributed by atoms with Crippen LogP contribution in [0.3, 0.4) is 0 Å². The van der Waals surface area contributed by atoms with Crippen molar-refractivity contribution in [2.45, 2.75) is 0 Å². The standard InChI is InChI=1S/C17H11BrN2O2S2/c18-13-8-4-5-11(9-13)10-14-16(22)20(17(23)24-14)19-15(21)12-6-2-1-3-7-12/h1-10H,(H,19,21)/b14-10+. The highest BCUT2D eigenvalue weighted by atomic mass is 79.9. The number of amides is 2. The van der Waals surface area contributed by atoms with Crippen LogP contribution in [0.2, 0.25) is 0 Å². The lowest BCUT2D eigenvalue weighted by Crippen LogP contribution is -2.44. The molecule has 3 rings (SSSR count). The first-order chi connectivity index (χ1) is 11.5. The fraction of sp³-hybridized carbons (Fsp3) is 0. The minimum absolute atomic E-state index is 0.297. The van der Waals surface area contributed by atoms with Gasteiger partial charge in [-0.25, -0.2) is 0 Å². The number of hydrazine groups is 1. The molecule has 0 bridgehead atoms. The van der Waals surface area contributed by atoms with Gasteiger partial charge in [0.2, 0.25) is 0 Å². The van der Waals surface area contributed by atoms with E-state index in [4.69, 9.17) is 12.2 Å². The molecule has 1 aliphatic heterocycles. The smallest absolute Gasteiger partial charge is 0.267 e. The third-order valence-corrected chi connectivity index (χ3v) is 4.98. The van der Waals surface area contributed by atoms with E-state index >= 15 is 0 Å². The van der Waals surface area contributed by atoms with Crippen LogP contribution in [0.4, 0.5) is 0 Å². The molecule has 0 aromatic heterocycles. The monoisotopic (exact) mass is 418 g/mol. The van der Waals surface area contributed by atoms with E-state index in [0.717, 1.165) is 26.8 Å². The topological polar surface area (TPSA) is 49.4 Å². The van der Waals surface area contributed by atoms with Crippen molar-refractivity contribution >= 4 is 62.1 Å². The summed E-state index contributed by atoms with van der Waals surface area (Å²) in [5.41, 5.74) is 3.89. The van der Waals surface area contributed by atoms with E-state index in [1.54, 1.807) is 30.3 Å². The molecule has 2 aromatic carbocycles. The third kappa shape index (κ3) is 3.75. The highest BCUT2D eigenvalue weighted by Crippen LogP contribution is 2.31. The molecule has 0 spiro atoms. The Hall–Kier alpha value is -1.96. The van der Waals surface area contributed by atoms with Crippen LogP contribution < -0.4 is 5.43 Å². The summed E-state index contributed by atoms with van der Waals surface area (Å²) in [6.45, 7) is 0. The number of hydrogen-bond donors (Lipinski definition) is 1. The normalized spacial score (nSPS) is 15.9. The summed E-state index contributed by atoms with van der Waals surface area (Å²) in [6, 6.07) is 16.2. The molecule has 1 aliphatic rings. The minimum atomic E-state index is -0.379. The summed E-state index contributed by atoms with van der Waals surface area (Å²) in [5, 5.41) is 1.11. The van der Waals surface area contributed by atoms with Crippen molar-refractivity contribution in [3.8, 4) is 0 Å². The Kier molecular flexibility index (Phi) is 5.13. The van der Waals surface area contributed by atoms with Gasteiger partial charge in [0.15, 0.2) is 4.32 Å². The predicted octanol–water partition coefficient (Wildman–Crippen LogP) is 4.00. The quantitative estimate of drug-likeness (QED) is 0.604. The zero-order valence-electron chi connectivity index (χ0n) is 12.2. The summed E-state index contributed by atoms with van der Waals surface area (Å²) >= 11 is 9.76. The Morgan fingerprint density at radius 2 is 1.92 bits per heavy atom. The molecule has 7 heteroatoms. The van der Waals surface area contributed by atoms with Gasteiger partial charge in [-0.3, -0.25) is 15.0 Å². The maximum Gasteiger partial charge on any atom is 0.285 e. The number of thiocarbonyl (C=S) groups is 1. The van der Waals surface area contributed by atoms with Crippen molar-refractivity contribution in [2.75, 3.05) is 0 Å². The SMILES string of the molecule is O=C(NN1C(=O)/C(=C\c2cccc(Br)c2)SC1=S)c1ccccc1. The van der Waals surface area contributed by atoms with Crippen LogP contribution >= 0.6 is 39.9 Å².